The summed E-state index contributed by atoms with van der Waals surface area (Å²) in [5, 5.41) is 13.1. The molecule has 1 N–H and O–H groups in total. The molecule has 5 nitrogen and oxygen atoms in total. The Morgan fingerprint density at radius 3 is 2.89 bits per heavy atom. The second-order valence-corrected chi connectivity index (χ2v) is 4.63. The minimum absolute atomic E-state index is 0.0831. The number of hydrogen-bond acceptors (Lipinski definition) is 3. The molecule has 6 heteroatoms. The fourth-order valence-electron chi connectivity index (χ4n) is 1.70. The molecule has 0 bridgehead atoms. The van der Waals surface area contributed by atoms with Crippen LogP contribution in [-0.4, -0.2) is 25.8 Å². The number of carboxylic acid groups (broad SMARTS) is 1. The number of carboxylic acids is 1. The molecule has 2 aromatic heterocycles. The summed E-state index contributed by atoms with van der Waals surface area (Å²) in [6.45, 7) is 0. The number of aliphatic carboxylic acids is 1. The summed E-state index contributed by atoms with van der Waals surface area (Å²) in [5.41, 5.74) is 2.36. The number of rotatable bonds is 4. The molecule has 0 atom stereocenters. The van der Waals surface area contributed by atoms with Crippen molar-refractivity contribution >= 4 is 21.9 Å². The maximum Gasteiger partial charge on any atom is 0.303 e. The van der Waals surface area contributed by atoms with E-state index in [1.165, 1.54) is 0 Å². The van der Waals surface area contributed by atoms with Crippen LogP contribution in [0.25, 0.3) is 11.4 Å². The van der Waals surface area contributed by atoms with Crippen molar-refractivity contribution in [1.82, 2.24) is 14.8 Å². The van der Waals surface area contributed by atoms with Crippen LogP contribution in [0.15, 0.2) is 28.9 Å². The van der Waals surface area contributed by atoms with E-state index in [4.69, 9.17) is 5.11 Å². The van der Waals surface area contributed by atoms with Gasteiger partial charge >= 0.3 is 5.97 Å². The Bertz CT molecular complexity index is 566. The summed E-state index contributed by atoms with van der Waals surface area (Å²) in [4.78, 5) is 14.9. The van der Waals surface area contributed by atoms with E-state index in [1.54, 1.807) is 17.9 Å². The summed E-state index contributed by atoms with van der Waals surface area (Å²) in [6.07, 6.45) is 2.22. The molecule has 0 aliphatic rings. The van der Waals surface area contributed by atoms with Crippen LogP contribution in [0.3, 0.4) is 0 Å². The number of halogens is 1. The average Bonchev–Trinajstić information content (AvgIpc) is 2.63. The maximum atomic E-state index is 10.6. The zero-order valence-corrected chi connectivity index (χ0v) is 11.4. The van der Waals surface area contributed by atoms with Crippen LogP contribution in [0.5, 0.6) is 0 Å². The molecule has 2 aromatic rings. The molecule has 0 aliphatic carbocycles. The number of pyridine rings is 1. The van der Waals surface area contributed by atoms with Gasteiger partial charge in [0.1, 0.15) is 5.69 Å². The Kier molecular flexibility index (Phi) is 3.76. The Balaban J connectivity index is 2.35. The van der Waals surface area contributed by atoms with Crippen LogP contribution >= 0.6 is 15.9 Å². The highest BCUT2D eigenvalue weighted by Gasteiger charge is 2.16. The molecule has 2 rings (SSSR count). The van der Waals surface area contributed by atoms with Crippen molar-refractivity contribution in [3.8, 4) is 11.4 Å². The molecule has 0 aromatic carbocycles. The Hall–Kier alpha value is -1.69. The lowest BCUT2D eigenvalue weighted by molar-refractivity contribution is -0.136. The lowest BCUT2D eigenvalue weighted by Gasteiger charge is -1.99. The van der Waals surface area contributed by atoms with E-state index >= 15 is 0 Å². The Labute approximate surface area is 113 Å². The first-order valence-corrected chi connectivity index (χ1v) is 6.23. The second kappa shape index (κ2) is 5.30. The molecule has 2 heterocycles. The first kappa shape index (κ1) is 12.8. The molecule has 0 radical (unpaired) electrons. The van der Waals surface area contributed by atoms with Gasteiger partial charge in [0.2, 0.25) is 0 Å². The van der Waals surface area contributed by atoms with Gasteiger partial charge in [0, 0.05) is 19.7 Å². The van der Waals surface area contributed by atoms with Gasteiger partial charge in [0.15, 0.2) is 0 Å². The quantitative estimate of drug-likeness (QED) is 0.940. The minimum atomic E-state index is -0.817. The van der Waals surface area contributed by atoms with E-state index in [0.29, 0.717) is 6.42 Å². The SMILES string of the molecule is Cn1nc(-c2ccccn2)c(Br)c1CCC(=O)O. The normalized spacial score (nSPS) is 10.6. The summed E-state index contributed by atoms with van der Waals surface area (Å²) in [7, 11) is 1.80. The van der Waals surface area contributed by atoms with Gasteiger partial charge in [0.05, 0.1) is 22.3 Å². The van der Waals surface area contributed by atoms with Gasteiger partial charge in [-0.1, -0.05) is 6.07 Å². The van der Waals surface area contributed by atoms with Gasteiger partial charge in [-0.25, -0.2) is 0 Å². The molecule has 0 fully saturated rings. The van der Waals surface area contributed by atoms with E-state index < -0.39 is 5.97 Å². The monoisotopic (exact) mass is 309 g/mol. The number of hydrogen-bond donors (Lipinski definition) is 1. The standard InChI is InChI=1S/C12H12BrN3O2/c1-16-9(5-6-10(17)18)11(13)12(15-16)8-4-2-3-7-14-8/h2-4,7H,5-6H2,1H3,(H,17,18). The van der Waals surface area contributed by atoms with E-state index in [1.807, 2.05) is 18.2 Å². The summed E-state index contributed by atoms with van der Waals surface area (Å²) >= 11 is 3.47. The van der Waals surface area contributed by atoms with E-state index in [0.717, 1.165) is 21.6 Å². The second-order valence-electron chi connectivity index (χ2n) is 3.84. The first-order valence-electron chi connectivity index (χ1n) is 5.44. The van der Waals surface area contributed by atoms with Crippen molar-refractivity contribution in [2.24, 2.45) is 7.05 Å². The number of nitrogens with zero attached hydrogens (tertiary/aromatic N) is 3. The first-order chi connectivity index (χ1) is 8.59. The maximum absolute atomic E-state index is 10.6. The van der Waals surface area contributed by atoms with Crippen LogP contribution in [0.4, 0.5) is 0 Å². The Morgan fingerprint density at radius 1 is 1.50 bits per heavy atom. The van der Waals surface area contributed by atoms with Crippen molar-refractivity contribution in [3.63, 3.8) is 0 Å². The van der Waals surface area contributed by atoms with E-state index in [9.17, 15) is 4.79 Å². The molecular weight excluding hydrogens is 298 g/mol. The predicted octanol–water partition coefficient (Wildman–Crippen LogP) is 2.26. The molecule has 18 heavy (non-hydrogen) atoms. The van der Waals surface area contributed by atoms with Crippen molar-refractivity contribution in [3.05, 3.63) is 34.6 Å². The van der Waals surface area contributed by atoms with Gasteiger partial charge in [-0.15, -0.1) is 0 Å². The molecule has 0 spiro atoms. The van der Waals surface area contributed by atoms with Crippen LogP contribution in [0, 0.1) is 0 Å². The molecular formula is C12H12BrN3O2. The van der Waals surface area contributed by atoms with Gasteiger partial charge in [-0.2, -0.15) is 5.10 Å². The zero-order chi connectivity index (χ0) is 13.1. The summed E-state index contributed by atoms with van der Waals surface area (Å²) in [5.74, 6) is -0.817. The zero-order valence-electron chi connectivity index (χ0n) is 9.80. The van der Waals surface area contributed by atoms with E-state index in [-0.39, 0.29) is 6.42 Å². The molecule has 0 aliphatic heterocycles. The van der Waals surface area contributed by atoms with Gasteiger partial charge < -0.3 is 5.11 Å². The average molecular weight is 310 g/mol. The summed E-state index contributed by atoms with van der Waals surface area (Å²) < 4.78 is 2.50. The molecule has 0 saturated carbocycles. The van der Waals surface area contributed by atoms with Crippen molar-refractivity contribution < 1.29 is 9.90 Å². The largest absolute Gasteiger partial charge is 0.481 e. The topological polar surface area (TPSA) is 68.0 Å². The van der Waals surface area contributed by atoms with Crippen LogP contribution in [0.1, 0.15) is 12.1 Å². The lowest BCUT2D eigenvalue weighted by atomic mass is 10.2. The van der Waals surface area contributed by atoms with Gasteiger partial charge in [-0.3, -0.25) is 14.5 Å². The van der Waals surface area contributed by atoms with Crippen molar-refractivity contribution in [1.29, 1.82) is 0 Å². The smallest absolute Gasteiger partial charge is 0.303 e. The van der Waals surface area contributed by atoms with Gasteiger partial charge in [0.25, 0.3) is 0 Å². The fraction of sp³-hybridized carbons (Fsp3) is 0.250. The summed E-state index contributed by atoms with van der Waals surface area (Å²) in [6, 6.07) is 5.60. The highest BCUT2D eigenvalue weighted by Crippen LogP contribution is 2.29. The van der Waals surface area contributed by atoms with E-state index in [2.05, 4.69) is 26.0 Å². The third kappa shape index (κ3) is 2.59. The molecule has 0 amide bonds. The predicted molar refractivity (Wildman–Crippen MR) is 70.1 cm³/mol. The number of carbonyl (C=O) groups is 1. The molecule has 94 valence electrons. The van der Waals surface area contributed by atoms with Crippen LogP contribution in [-0.2, 0) is 18.3 Å². The minimum Gasteiger partial charge on any atom is -0.481 e. The molecule has 0 unspecified atom stereocenters. The van der Waals surface area contributed by atoms with Crippen molar-refractivity contribution in [2.75, 3.05) is 0 Å². The number of aryl methyl sites for hydroxylation is 1. The molecule has 0 saturated heterocycles. The fourth-order valence-corrected chi connectivity index (χ4v) is 2.43. The van der Waals surface area contributed by atoms with Crippen LogP contribution in [0.2, 0.25) is 0 Å². The van der Waals surface area contributed by atoms with Crippen molar-refractivity contribution in [2.45, 2.75) is 12.8 Å². The third-order valence-corrected chi connectivity index (χ3v) is 3.42. The Morgan fingerprint density at radius 2 is 2.28 bits per heavy atom. The highest BCUT2D eigenvalue weighted by atomic mass is 79.9. The van der Waals surface area contributed by atoms with Crippen LogP contribution < -0.4 is 0 Å². The third-order valence-electron chi connectivity index (χ3n) is 2.59. The van der Waals surface area contributed by atoms with Gasteiger partial charge in [-0.05, 0) is 28.1 Å². The lowest BCUT2D eigenvalue weighted by Crippen LogP contribution is -2.03. The number of aromatic nitrogens is 3. The highest BCUT2D eigenvalue weighted by molar-refractivity contribution is 9.10.